The molecule has 27 heavy (non-hydrogen) atoms. The third kappa shape index (κ3) is 5.44. The molecule has 5 nitrogen and oxygen atoms in total. The predicted octanol–water partition coefficient (Wildman–Crippen LogP) is 3.87. The smallest absolute Gasteiger partial charge is 0.233 e. The number of H-pyrrole nitrogens is 1. The van der Waals surface area contributed by atoms with E-state index in [1.807, 2.05) is 37.3 Å². The Kier molecular flexibility index (Phi) is 6.65. The number of thioether (sulfide) groups is 1. The fourth-order valence-electron chi connectivity index (χ4n) is 2.66. The molecule has 0 unspecified atom stereocenters. The van der Waals surface area contributed by atoms with Gasteiger partial charge in [-0.3, -0.25) is 9.89 Å². The van der Waals surface area contributed by atoms with Crippen molar-refractivity contribution in [3.05, 3.63) is 65.7 Å². The molecule has 1 amide bonds. The van der Waals surface area contributed by atoms with E-state index in [-0.39, 0.29) is 11.2 Å². The summed E-state index contributed by atoms with van der Waals surface area (Å²) in [6.07, 6.45) is 1.83. The average Bonchev–Trinajstić information content (AvgIpc) is 3.17. The Morgan fingerprint density at radius 3 is 2.56 bits per heavy atom. The molecule has 6 heteroatoms. The van der Waals surface area contributed by atoms with E-state index < -0.39 is 0 Å². The summed E-state index contributed by atoms with van der Waals surface area (Å²) in [5, 5.41) is 10.5. The molecule has 3 rings (SSSR count). The molecule has 0 saturated carbocycles. The monoisotopic (exact) mass is 380 g/mol. The van der Waals surface area contributed by atoms with Gasteiger partial charge in [-0.25, -0.2) is 4.98 Å². The summed E-state index contributed by atoms with van der Waals surface area (Å²) in [4.78, 5) is 16.8. The van der Waals surface area contributed by atoms with Crippen molar-refractivity contribution in [3.8, 4) is 11.4 Å². The number of aromatic nitrogens is 3. The second-order valence-corrected chi connectivity index (χ2v) is 7.61. The van der Waals surface area contributed by atoms with Gasteiger partial charge in [0.05, 0.1) is 5.25 Å². The molecule has 0 aliphatic heterocycles. The molecule has 0 saturated heterocycles. The number of rotatable bonds is 8. The molecule has 140 valence electrons. The number of nitrogens with zero attached hydrogens (tertiary/aromatic N) is 2. The predicted molar refractivity (Wildman–Crippen MR) is 110 cm³/mol. The quantitative estimate of drug-likeness (QED) is 0.582. The second-order valence-electron chi connectivity index (χ2n) is 6.30. The first kappa shape index (κ1) is 19.2. The standard InChI is InChI=1S/C21H24N4OS/c1-3-16-9-11-18(12-10-16)19-23-21(25-24-19)27-15(2)20(26)22-14-13-17-7-5-4-6-8-17/h4-12,15H,3,13-14H2,1-2H3,(H,22,26)(H,23,24,25)/t15-/m0/s1. The molecule has 0 aliphatic rings. The minimum Gasteiger partial charge on any atom is -0.355 e. The summed E-state index contributed by atoms with van der Waals surface area (Å²) < 4.78 is 0. The Balaban J connectivity index is 1.50. The summed E-state index contributed by atoms with van der Waals surface area (Å²) >= 11 is 1.36. The van der Waals surface area contributed by atoms with Gasteiger partial charge in [0.15, 0.2) is 5.82 Å². The van der Waals surface area contributed by atoms with Crippen LogP contribution in [0, 0.1) is 0 Å². The lowest BCUT2D eigenvalue weighted by atomic mass is 10.1. The zero-order valence-corrected chi connectivity index (χ0v) is 16.4. The van der Waals surface area contributed by atoms with Gasteiger partial charge in [0.2, 0.25) is 11.1 Å². The number of carbonyl (C=O) groups excluding carboxylic acids is 1. The summed E-state index contributed by atoms with van der Waals surface area (Å²) in [6, 6.07) is 18.4. The number of aromatic amines is 1. The molecule has 0 bridgehead atoms. The SMILES string of the molecule is CCc1ccc(-c2nc(S[C@@H](C)C(=O)NCCc3ccccc3)n[nH]2)cc1. The maximum Gasteiger partial charge on any atom is 0.233 e. The van der Waals surface area contributed by atoms with Crippen molar-refractivity contribution >= 4 is 17.7 Å². The van der Waals surface area contributed by atoms with Crippen molar-refractivity contribution in [2.75, 3.05) is 6.54 Å². The number of hydrogen-bond donors (Lipinski definition) is 2. The van der Waals surface area contributed by atoms with Crippen LogP contribution in [-0.2, 0) is 17.6 Å². The van der Waals surface area contributed by atoms with Crippen LogP contribution in [0.3, 0.4) is 0 Å². The van der Waals surface area contributed by atoms with Gasteiger partial charge < -0.3 is 5.32 Å². The molecule has 1 aromatic heterocycles. The van der Waals surface area contributed by atoms with Crippen LogP contribution in [0.4, 0.5) is 0 Å². The van der Waals surface area contributed by atoms with E-state index in [1.54, 1.807) is 0 Å². The van der Waals surface area contributed by atoms with Crippen LogP contribution in [0.5, 0.6) is 0 Å². The van der Waals surface area contributed by atoms with Crippen molar-refractivity contribution in [1.29, 1.82) is 0 Å². The summed E-state index contributed by atoms with van der Waals surface area (Å²) in [5.74, 6) is 0.714. The van der Waals surface area contributed by atoms with E-state index in [2.05, 4.69) is 51.7 Å². The number of amides is 1. The van der Waals surface area contributed by atoms with Crippen LogP contribution in [-0.4, -0.2) is 32.9 Å². The number of nitrogens with one attached hydrogen (secondary N) is 2. The normalized spacial score (nSPS) is 11.9. The van der Waals surface area contributed by atoms with Crippen molar-refractivity contribution < 1.29 is 4.79 Å². The summed E-state index contributed by atoms with van der Waals surface area (Å²) in [7, 11) is 0. The van der Waals surface area contributed by atoms with Crippen molar-refractivity contribution in [2.24, 2.45) is 0 Å². The molecule has 0 aliphatic carbocycles. The molecule has 1 heterocycles. The minimum atomic E-state index is -0.258. The van der Waals surface area contributed by atoms with E-state index >= 15 is 0 Å². The highest BCUT2D eigenvalue weighted by molar-refractivity contribution is 8.00. The molecule has 0 spiro atoms. The third-order valence-corrected chi connectivity index (χ3v) is 5.27. The number of benzene rings is 2. The largest absolute Gasteiger partial charge is 0.355 e. The minimum absolute atomic E-state index is 0.00502. The first-order chi connectivity index (χ1) is 13.2. The molecule has 1 atom stereocenters. The molecule has 0 fully saturated rings. The van der Waals surface area contributed by atoms with Gasteiger partial charge in [-0.1, -0.05) is 73.3 Å². The highest BCUT2D eigenvalue weighted by atomic mass is 32.2. The Bertz CT molecular complexity index is 861. The first-order valence-corrected chi connectivity index (χ1v) is 10.0. The lowest BCUT2D eigenvalue weighted by Gasteiger charge is -2.10. The zero-order valence-electron chi connectivity index (χ0n) is 15.6. The van der Waals surface area contributed by atoms with Gasteiger partial charge in [-0.2, -0.15) is 0 Å². The van der Waals surface area contributed by atoms with Crippen LogP contribution >= 0.6 is 11.8 Å². The van der Waals surface area contributed by atoms with Crippen molar-refractivity contribution in [3.63, 3.8) is 0 Å². The van der Waals surface area contributed by atoms with Gasteiger partial charge >= 0.3 is 0 Å². The molecular weight excluding hydrogens is 356 g/mol. The maximum atomic E-state index is 12.3. The topological polar surface area (TPSA) is 70.7 Å². The van der Waals surface area contributed by atoms with Crippen LogP contribution in [0.2, 0.25) is 0 Å². The Labute approximate surface area is 164 Å². The molecule has 2 aromatic carbocycles. The number of hydrogen-bond acceptors (Lipinski definition) is 4. The first-order valence-electron chi connectivity index (χ1n) is 9.15. The maximum absolute atomic E-state index is 12.3. The van der Waals surface area contributed by atoms with E-state index in [0.29, 0.717) is 11.7 Å². The van der Waals surface area contributed by atoms with Crippen molar-refractivity contribution in [1.82, 2.24) is 20.5 Å². The Morgan fingerprint density at radius 1 is 1.11 bits per heavy atom. The fraction of sp³-hybridized carbons (Fsp3) is 0.286. The lowest BCUT2D eigenvalue weighted by molar-refractivity contribution is -0.120. The van der Waals surface area contributed by atoms with Gasteiger partial charge in [-0.05, 0) is 30.9 Å². The zero-order chi connectivity index (χ0) is 19.1. The van der Waals surface area contributed by atoms with E-state index in [9.17, 15) is 4.79 Å². The van der Waals surface area contributed by atoms with Crippen LogP contribution in [0.25, 0.3) is 11.4 Å². The molecular formula is C21H24N4OS. The van der Waals surface area contributed by atoms with Gasteiger partial charge in [0.25, 0.3) is 0 Å². The number of aryl methyl sites for hydroxylation is 1. The summed E-state index contributed by atoms with van der Waals surface area (Å²) in [6.45, 7) is 4.62. The Morgan fingerprint density at radius 2 is 1.85 bits per heavy atom. The summed E-state index contributed by atoms with van der Waals surface area (Å²) in [5.41, 5.74) is 3.49. The van der Waals surface area contributed by atoms with E-state index in [1.165, 1.54) is 22.9 Å². The highest BCUT2D eigenvalue weighted by Crippen LogP contribution is 2.23. The lowest BCUT2D eigenvalue weighted by Crippen LogP contribution is -2.32. The van der Waals surface area contributed by atoms with Crippen molar-refractivity contribution in [2.45, 2.75) is 37.1 Å². The van der Waals surface area contributed by atoms with E-state index in [0.717, 1.165) is 24.2 Å². The van der Waals surface area contributed by atoms with Gasteiger partial charge in [0, 0.05) is 12.1 Å². The average molecular weight is 381 g/mol. The highest BCUT2D eigenvalue weighted by Gasteiger charge is 2.17. The van der Waals surface area contributed by atoms with Crippen LogP contribution in [0.15, 0.2) is 59.8 Å². The van der Waals surface area contributed by atoms with Crippen LogP contribution < -0.4 is 5.32 Å². The third-order valence-electron chi connectivity index (χ3n) is 4.31. The van der Waals surface area contributed by atoms with Crippen LogP contribution in [0.1, 0.15) is 25.0 Å². The molecule has 2 N–H and O–H groups in total. The van der Waals surface area contributed by atoms with E-state index in [4.69, 9.17) is 0 Å². The number of carbonyl (C=O) groups is 1. The Hall–Kier alpha value is -2.60. The second kappa shape index (κ2) is 9.37. The van der Waals surface area contributed by atoms with Gasteiger partial charge in [0.1, 0.15) is 0 Å². The van der Waals surface area contributed by atoms with Gasteiger partial charge in [-0.15, -0.1) is 5.10 Å². The molecule has 3 aromatic rings. The molecule has 0 radical (unpaired) electrons. The fourth-order valence-corrected chi connectivity index (χ4v) is 3.41.